The smallest absolute Gasteiger partial charge is 0.272 e. The zero-order chi connectivity index (χ0) is 17.8. The number of aromatic amines is 1. The minimum Gasteiger partial charge on any atom is -0.329 e. The molecule has 128 valence electrons. The van der Waals surface area contributed by atoms with Gasteiger partial charge in [0, 0.05) is 30.5 Å². The minimum absolute atomic E-state index is 0.117. The van der Waals surface area contributed by atoms with Gasteiger partial charge in [-0.2, -0.15) is 0 Å². The molecule has 0 bridgehead atoms. The molecule has 0 saturated heterocycles. The van der Waals surface area contributed by atoms with Crippen LogP contribution in [0.4, 0.5) is 0 Å². The van der Waals surface area contributed by atoms with Crippen LogP contribution < -0.4 is 5.56 Å². The number of hydrogen-bond acceptors (Lipinski definition) is 3. The number of hydrogen-bond donors (Lipinski definition) is 1. The van der Waals surface area contributed by atoms with Crippen molar-refractivity contribution >= 4 is 11.6 Å². The minimum atomic E-state index is -0.317. The molecular formula is C19H20N4O2. The van der Waals surface area contributed by atoms with Crippen molar-refractivity contribution in [1.82, 2.24) is 19.5 Å². The van der Waals surface area contributed by atoms with E-state index in [1.165, 1.54) is 33.5 Å². The number of carbonyl (C=O) groups is 1. The van der Waals surface area contributed by atoms with Crippen LogP contribution in [0.1, 0.15) is 40.9 Å². The molecule has 1 amide bonds. The predicted octanol–water partition coefficient (Wildman–Crippen LogP) is 2.31. The largest absolute Gasteiger partial charge is 0.329 e. The van der Waals surface area contributed by atoms with Crippen LogP contribution >= 0.6 is 0 Å². The fraction of sp³-hybridized carbons (Fsp3) is 0.316. The summed E-state index contributed by atoms with van der Waals surface area (Å²) in [6, 6.07) is 7.77. The maximum Gasteiger partial charge on any atom is 0.272 e. The van der Waals surface area contributed by atoms with Gasteiger partial charge >= 0.3 is 0 Å². The molecule has 6 heteroatoms. The fourth-order valence-corrected chi connectivity index (χ4v) is 3.59. The average Bonchev–Trinajstić information content (AvgIpc) is 2.99. The van der Waals surface area contributed by atoms with Gasteiger partial charge in [0.05, 0.1) is 0 Å². The second-order valence-electron chi connectivity index (χ2n) is 7.28. The first kappa shape index (κ1) is 15.6. The molecule has 0 atom stereocenters. The first-order chi connectivity index (χ1) is 11.9. The Balaban J connectivity index is 1.78. The van der Waals surface area contributed by atoms with E-state index in [-0.39, 0.29) is 17.0 Å². The van der Waals surface area contributed by atoms with E-state index < -0.39 is 0 Å². The van der Waals surface area contributed by atoms with Gasteiger partial charge in [-0.1, -0.05) is 23.8 Å². The van der Waals surface area contributed by atoms with Crippen LogP contribution in [0.2, 0.25) is 0 Å². The zero-order valence-electron chi connectivity index (χ0n) is 14.5. The molecule has 0 fully saturated rings. The SMILES string of the molecule is Cc1ccc2c(c1)CN(C(=O)c1c[nH]n3c(=O)ccnc13)C(C)(C)C2. The highest BCUT2D eigenvalue weighted by molar-refractivity contribution is 6.00. The zero-order valence-corrected chi connectivity index (χ0v) is 14.5. The number of carbonyl (C=O) groups excluding carboxylic acids is 1. The average molecular weight is 336 g/mol. The molecule has 2 aromatic heterocycles. The summed E-state index contributed by atoms with van der Waals surface area (Å²) in [6.07, 6.45) is 3.79. The molecule has 0 spiro atoms. The van der Waals surface area contributed by atoms with Crippen LogP contribution in [-0.4, -0.2) is 30.9 Å². The van der Waals surface area contributed by atoms with Gasteiger partial charge in [0.15, 0.2) is 5.65 Å². The van der Waals surface area contributed by atoms with Crippen molar-refractivity contribution in [3.8, 4) is 0 Å². The van der Waals surface area contributed by atoms with Gasteiger partial charge in [-0.3, -0.25) is 14.7 Å². The molecule has 25 heavy (non-hydrogen) atoms. The quantitative estimate of drug-likeness (QED) is 0.741. The summed E-state index contributed by atoms with van der Waals surface area (Å²) in [5, 5.41) is 2.83. The van der Waals surface area contributed by atoms with Gasteiger partial charge < -0.3 is 4.90 Å². The summed E-state index contributed by atoms with van der Waals surface area (Å²) < 4.78 is 1.29. The number of benzene rings is 1. The van der Waals surface area contributed by atoms with Gasteiger partial charge in [-0.25, -0.2) is 9.50 Å². The molecule has 6 nitrogen and oxygen atoms in total. The molecule has 0 radical (unpaired) electrons. The molecule has 4 rings (SSSR count). The number of amides is 1. The number of H-pyrrole nitrogens is 1. The van der Waals surface area contributed by atoms with E-state index in [2.05, 4.69) is 49.1 Å². The van der Waals surface area contributed by atoms with E-state index in [4.69, 9.17) is 0 Å². The monoisotopic (exact) mass is 336 g/mol. The lowest BCUT2D eigenvalue weighted by Crippen LogP contribution is -2.51. The lowest BCUT2D eigenvalue weighted by Gasteiger charge is -2.43. The summed E-state index contributed by atoms with van der Waals surface area (Å²) in [7, 11) is 0. The van der Waals surface area contributed by atoms with Crippen molar-refractivity contribution in [1.29, 1.82) is 0 Å². The van der Waals surface area contributed by atoms with E-state index in [1.807, 2.05) is 4.90 Å². The number of nitrogens with one attached hydrogen (secondary N) is 1. The van der Waals surface area contributed by atoms with Crippen molar-refractivity contribution in [2.45, 2.75) is 39.3 Å². The van der Waals surface area contributed by atoms with Crippen molar-refractivity contribution < 1.29 is 4.79 Å². The molecule has 0 aliphatic carbocycles. The second-order valence-corrected chi connectivity index (χ2v) is 7.28. The first-order valence-corrected chi connectivity index (χ1v) is 8.32. The van der Waals surface area contributed by atoms with E-state index in [0.717, 1.165) is 6.42 Å². The lowest BCUT2D eigenvalue weighted by atomic mass is 9.84. The number of aryl methyl sites for hydroxylation is 1. The maximum atomic E-state index is 13.2. The van der Waals surface area contributed by atoms with Crippen molar-refractivity contribution in [2.75, 3.05) is 0 Å². The van der Waals surface area contributed by atoms with Crippen LogP contribution in [-0.2, 0) is 13.0 Å². The Morgan fingerprint density at radius 3 is 2.84 bits per heavy atom. The molecule has 1 aliphatic rings. The molecule has 3 aromatic rings. The number of rotatable bonds is 1. The number of fused-ring (bicyclic) bond motifs is 2. The standard InChI is InChI=1S/C19H20N4O2/c1-12-4-5-13-9-19(2,3)22(11-14(13)8-12)18(25)15-10-21-23-16(24)6-7-20-17(15)23/h4-8,10,21H,9,11H2,1-3H3. The lowest BCUT2D eigenvalue weighted by molar-refractivity contribution is 0.0490. The molecule has 1 aromatic carbocycles. The number of nitrogens with zero attached hydrogens (tertiary/aromatic N) is 3. The normalized spacial score (nSPS) is 16.0. The van der Waals surface area contributed by atoms with E-state index in [1.54, 1.807) is 6.20 Å². The topological polar surface area (TPSA) is 70.5 Å². The van der Waals surface area contributed by atoms with Gasteiger partial charge in [0.1, 0.15) is 5.56 Å². The van der Waals surface area contributed by atoms with Crippen LogP contribution in [0.15, 0.2) is 41.5 Å². The summed E-state index contributed by atoms with van der Waals surface area (Å²) in [6.45, 7) is 6.75. The maximum absolute atomic E-state index is 13.2. The van der Waals surface area contributed by atoms with Gasteiger partial charge in [0.2, 0.25) is 0 Å². The fourth-order valence-electron chi connectivity index (χ4n) is 3.59. The molecular weight excluding hydrogens is 316 g/mol. The Morgan fingerprint density at radius 2 is 2.04 bits per heavy atom. The van der Waals surface area contributed by atoms with Gasteiger partial charge in [0.25, 0.3) is 11.5 Å². The third kappa shape index (κ3) is 2.45. The highest BCUT2D eigenvalue weighted by Crippen LogP contribution is 2.32. The van der Waals surface area contributed by atoms with Crippen molar-refractivity contribution in [3.63, 3.8) is 0 Å². The Hall–Kier alpha value is -2.89. The third-order valence-electron chi connectivity index (χ3n) is 4.94. The highest BCUT2D eigenvalue weighted by atomic mass is 16.2. The summed E-state index contributed by atoms with van der Waals surface area (Å²) in [5.74, 6) is -0.117. The van der Waals surface area contributed by atoms with Crippen LogP contribution in [0, 0.1) is 6.92 Å². The van der Waals surface area contributed by atoms with E-state index >= 15 is 0 Å². The van der Waals surface area contributed by atoms with Crippen molar-refractivity contribution in [3.05, 3.63) is 69.3 Å². The molecule has 0 unspecified atom stereocenters. The second kappa shape index (κ2) is 5.31. The summed E-state index contributed by atoms with van der Waals surface area (Å²) in [5.41, 5.74) is 3.88. The molecule has 0 saturated carbocycles. The summed E-state index contributed by atoms with van der Waals surface area (Å²) >= 11 is 0. The van der Waals surface area contributed by atoms with E-state index in [0.29, 0.717) is 17.8 Å². The van der Waals surface area contributed by atoms with Crippen LogP contribution in [0.3, 0.4) is 0 Å². The van der Waals surface area contributed by atoms with Gasteiger partial charge in [-0.15, -0.1) is 0 Å². The molecule has 1 N–H and O–H groups in total. The Bertz CT molecular complexity index is 1050. The van der Waals surface area contributed by atoms with Crippen molar-refractivity contribution in [2.24, 2.45) is 0 Å². The van der Waals surface area contributed by atoms with Gasteiger partial charge in [-0.05, 0) is 38.3 Å². The Labute approximate surface area is 145 Å². The van der Waals surface area contributed by atoms with E-state index in [9.17, 15) is 9.59 Å². The van der Waals surface area contributed by atoms with Crippen LogP contribution in [0.5, 0.6) is 0 Å². The first-order valence-electron chi connectivity index (χ1n) is 8.32. The summed E-state index contributed by atoms with van der Waals surface area (Å²) in [4.78, 5) is 31.2. The predicted molar refractivity (Wildman–Crippen MR) is 94.6 cm³/mol. The highest BCUT2D eigenvalue weighted by Gasteiger charge is 2.37. The van der Waals surface area contributed by atoms with Crippen LogP contribution in [0.25, 0.3) is 5.65 Å². The molecule has 1 aliphatic heterocycles. The Kier molecular flexibility index (Phi) is 3.32. The number of aromatic nitrogens is 3. The third-order valence-corrected chi connectivity index (χ3v) is 4.94. The Morgan fingerprint density at radius 1 is 1.24 bits per heavy atom. The molecule has 3 heterocycles.